The zero-order valence-corrected chi connectivity index (χ0v) is 15.6. The average molecular weight is 411 g/mol. The van der Waals surface area contributed by atoms with Gasteiger partial charge in [0.2, 0.25) is 0 Å². The van der Waals surface area contributed by atoms with Crippen molar-refractivity contribution in [2.75, 3.05) is 19.1 Å². The quantitative estimate of drug-likeness (QED) is 0.341. The largest absolute Gasteiger partial charge is 0.453 e. The summed E-state index contributed by atoms with van der Waals surface area (Å²) in [5.41, 5.74) is 5.32. The first-order chi connectivity index (χ1) is 13.2. The zero-order valence-electron chi connectivity index (χ0n) is 14.8. The number of nitrogens with one attached hydrogen (secondary N) is 1. The van der Waals surface area contributed by atoms with Gasteiger partial charge in [-0.1, -0.05) is 23.9 Å². The number of amides is 1. The molecular formula is C18H16F3N3O3S. The van der Waals surface area contributed by atoms with Gasteiger partial charge in [0, 0.05) is 11.1 Å². The summed E-state index contributed by atoms with van der Waals surface area (Å²) in [4.78, 5) is 28.1. The fraction of sp³-hybridized carbons (Fsp3) is 0.167. The molecule has 0 spiro atoms. The molecule has 0 radical (unpaired) electrons. The molecule has 10 heteroatoms. The van der Waals surface area contributed by atoms with E-state index in [0.717, 1.165) is 23.9 Å². The third-order valence-electron chi connectivity index (χ3n) is 3.55. The zero-order chi connectivity index (χ0) is 20.9. The third-order valence-corrected chi connectivity index (χ3v) is 4.13. The first-order valence-electron chi connectivity index (χ1n) is 7.75. The second-order valence-corrected chi connectivity index (χ2v) is 6.21. The standard InChI is InChI=1S/C18H16F3N3O3S/c1-27-17(26)24-16(28-2)23-14-9-11(6-7-13(14)22)15(25)10-4-3-5-12(8-10)18(19,20)21/h3-9H,22H2,1-2H3,(H,23,24,26). The van der Waals surface area contributed by atoms with Crippen LogP contribution < -0.4 is 11.1 Å². The molecule has 0 aliphatic carbocycles. The summed E-state index contributed by atoms with van der Waals surface area (Å²) in [6.07, 6.45) is -3.63. The van der Waals surface area contributed by atoms with Crippen LogP contribution in [0.2, 0.25) is 0 Å². The maximum Gasteiger partial charge on any atom is 0.416 e. The number of benzene rings is 2. The summed E-state index contributed by atoms with van der Waals surface area (Å²) in [7, 11) is 1.19. The summed E-state index contributed by atoms with van der Waals surface area (Å²) >= 11 is 1.11. The van der Waals surface area contributed by atoms with Crippen molar-refractivity contribution in [3.05, 3.63) is 59.2 Å². The minimum Gasteiger partial charge on any atom is -0.453 e. The molecule has 2 rings (SSSR count). The van der Waals surface area contributed by atoms with Crippen molar-refractivity contribution in [2.45, 2.75) is 6.18 Å². The maximum atomic E-state index is 12.9. The molecule has 2 aromatic rings. The summed E-state index contributed by atoms with van der Waals surface area (Å²) in [5.74, 6) is -0.617. The molecular weight excluding hydrogens is 395 g/mol. The number of hydrogen-bond acceptors (Lipinski definition) is 6. The van der Waals surface area contributed by atoms with Gasteiger partial charge < -0.3 is 10.5 Å². The molecule has 148 valence electrons. The van der Waals surface area contributed by atoms with Gasteiger partial charge >= 0.3 is 12.3 Å². The van der Waals surface area contributed by atoms with E-state index in [4.69, 9.17) is 5.73 Å². The van der Waals surface area contributed by atoms with Gasteiger partial charge in [0.1, 0.15) is 0 Å². The molecule has 28 heavy (non-hydrogen) atoms. The first kappa shape index (κ1) is 21.3. The number of thioether (sulfide) groups is 1. The number of carbonyl (C=O) groups excluding carboxylic acids is 2. The Morgan fingerprint density at radius 2 is 1.82 bits per heavy atom. The van der Waals surface area contributed by atoms with E-state index in [1.165, 1.54) is 37.4 Å². The van der Waals surface area contributed by atoms with Gasteiger partial charge in [0.25, 0.3) is 0 Å². The van der Waals surface area contributed by atoms with Gasteiger partial charge in [-0.25, -0.2) is 9.79 Å². The Kier molecular flexibility index (Phi) is 6.68. The lowest BCUT2D eigenvalue weighted by Crippen LogP contribution is -2.27. The number of methoxy groups -OCH3 is 1. The molecule has 0 aromatic heterocycles. The molecule has 0 saturated carbocycles. The minimum absolute atomic E-state index is 0.103. The van der Waals surface area contributed by atoms with Crippen LogP contribution in [-0.4, -0.2) is 30.4 Å². The Balaban J connectivity index is 2.39. The molecule has 0 unspecified atom stereocenters. The Morgan fingerprint density at radius 3 is 2.43 bits per heavy atom. The third kappa shape index (κ3) is 5.26. The van der Waals surface area contributed by atoms with Crippen molar-refractivity contribution in [3.8, 4) is 0 Å². The van der Waals surface area contributed by atoms with Crippen LogP contribution in [0.15, 0.2) is 47.5 Å². The minimum atomic E-state index is -4.56. The number of nitrogens with two attached hydrogens (primary N) is 1. The summed E-state index contributed by atoms with van der Waals surface area (Å²) in [6.45, 7) is 0. The van der Waals surface area contributed by atoms with E-state index in [0.29, 0.717) is 0 Å². The number of hydrogen-bond donors (Lipinski definition) is 2. The van der Waals surface area contributed by atoms with Crippen LogP contribution >= 0.6 is 11.8 Å². The fourth-order valence-corrected chi connectivity index (χ4v) is 2.53. The number of halogens is 3. The second-order valence-electron chi connectivity index (χ2n) is 5.42. The number of ketones is 1. The van der Waals surface area contributed by atoms with E-state index in [-0.39, 0.29) is 27.7 Å². The van der Waals surface area contributed by atoms with E-state index in [9.17, 15) is 22.8 Å². The number of alkyl carbamates (subject to hydrolysis) is 1. The van der Waals surface area contributed by atoms with Crippen LogP contribution in [0.1, 0.15) is 21.5 Å². The van der Waals surface area contributed by atoms with Crippen molar-refractivity contribution < 1.29 is 27.5 Å². The highest BCUT2D eigenvalue weighted by Gasteiger charge is 2.31. The number of carbonyl (C=O) groups is 2. The van der Waals surface area contributed by atoms with Crippen molar-refractivity contribution in [1.29, 1.82) is 0 Å². The Labute approximate surface area is 163 Å². The number of rotatable bonds is 3. The number of anilines is 1. The van der Waals surface area contributed by atoms with Crippen LogP contribution in [0.5, 0.6) is 0 Å². The summed E-state index contributed by atoms with van der Waals surface area (Å²) < 4.78 is 43.1. The van der Waals surface area contributed by atoms with Crippen LogP contribution in [-0.2, 0) is 10.9 Å². The van der Waals surface area contributed by atoms with Gasteiger partial charge in [-0.2, -0.15) is 13.2 Å². The van der Waals surface area contributed by atoms with E-state index in [2.05, 4.69) is 15.0 Å². The van der Waals surface area contributed by atoms with Gasteiger partial charge in [-0.3, -0.25) is 10.1 Å². The number of amidine groups is 1. The number of alkyl halides is 3. The lowest BCUT2D eigenvalue weighted by Gasteiger charge is -2.10. The van der Waals surface area contributed by atoms with Crippen LogP contribution in [0.4, 0.5) is 29.3 Å². The molecule has 3 N–H and O–H groups in total. The summed E-state index contributed by atoms with van der Waals surface area (Å²) in [6, 6.07) is 8.28. The van der Waals surface area contributed by atoms with Crippen molar-refractivity contribution in [1.82, 2.24) is 5.32 Å². The van der Waals surface area contributed by atoms with Gasteiger partial charge in [0.05, 0.1) is 24.0 Å². The lowest BCUT2D eigenvalue weighted by atomic mass is 10.0. The molecule has 0 aliphatic rings. The van der Waals surface area contributed by atoms with Crippen LogP contribution in [0, 0.1) is 0 Å². The molecule has 0 fully saturated rings. The predicted molar refractivity (Wildman–Crippen MR) is 102 cm³/mol. The lowest BCUT2D eigenvalue weighted by molar-refractivity contribution is -0.137. The van der Waals surface area contributed by atoms with Crippen LogP contribution in [0.3, 0.4) is 0 Å². The number of aliphatic imine (C=N–C) groups is 1. The van der Waals surface area contributed by atoms with Crippen molar-refractivity contribution >= 4 is 40.2 Å². The van der Waals surface area contributed by atoms with E-state index < -0.39 is 23.6 Å². The molecule has 0 saturated heterocycles. The normalized spacial score (nSPS) is 11.8. The Hall–Kier alpha value is -3.01. The smallest absolute Gasteiger partial charge is 0.416 e. The molecule has 6 nitrogen and oxygen atoms in total. The fourth-order valence-electron chi connectivity index (χ4n) is 2.16. The second kappa shape index (κ2) is 8.79. The number of nitrogen functional groups attached to an aromatic ring is 1. The Bertz CT molecular complexity index is 930. The van der Waals surface area contributed by atoms with Gasteiger partial charge in [0.15, 0.2) is 11.0 Å². The highest BCUT2D eigenvalue weighted by atomic mass is 32.2. The molecule has 0 heterocycles. The average Bonchev–Trinajstić information content (AvgIpc) is 2.67. The predicted octanol–water partition coefficient (Wildman–Crippen LogP) is 4.23. The number of ether oxygens (including phenoxy) is 1. The molecule has 2 aromatic carbocycles. The van der Waals surface area contributed by atoms with Crippen molar-refractivity contribution in [2.24, 2.45) is 4.99 Å². The van der Waals surface area contributed by atoms with E-state index in [1.54, 1.807) is 6.26 Å². The number of nitrogens with zero attached hydrogens (tertiary/aromatic N) is 1. The Morgan fingerprint density at radius 1 is 1.14 bits per heavy atom. The summed E-state index contributed by atoms with van der Waals surface area (Å²) in [5, 5.41) is 2.55. The van der Waals surface area contributed by atoms with Crippen molar-refractivity contribution in [3.63, 3.8) is 0 Å². The first-order valence-corrected chi connectivity index (χ1v) is 8.97. The molecule has 1 amide bonds. The monoisotopic (exact) mass is 411 g/mol. The molecule has 0 bridgehead atoms. The highest BCUT2D eigenvalue weighted by molar-refractivity contribution is 8.13. The van der Waals surface area contributed by atoms with Gasteiger partial charge in [-0.15, -0.1) is 0 Å². The van der Waals surface area contributed by atoms with E-state index in [1.807, 2.05) is 0 Å². The van der Waals surface area contributed by atoms with Crippen LogP contribution in [0.25, 0.3) is 0 Å². The highest BCUT2D eigenvalue weighted by Crippen LogP contribution is 2.31. The SMILES string of the molecule is COC(=O)NC(=Nc1cc(C(=O)c2cccc(C(F)(F)F)c2)ccc1N)SC. The molecule has 0 atom stereocenters. The maximum absolute atomic E-state index is 12.9. The molecule has 0 aliphatic heterocycles. The topological polar surface area (TPSA) is 93.8 Å². The van der Waals surface area contributed by atoms with Gasteiger partial charge in [-0.05, 0) is 36.6 Å². The van der Waals surface area contributed by atoms with E-state index >= 15 is 0 Å².